The molecule has 150 valence electrons. The molecule has 4 rings (SSSR count). The van der Waals surface area contributed by atoms with Gasteiger partial charge < -0.3 is 4.98 Å². The number of aromatic nitrogens is 5. The normalized spacial score (nSPS) is 11.6. The van der Waals surface area contributed by atoms with Crippen molar-refractivity contribution in [3.8, 4) is 11.3 Å². The van der Waals surface area contributed by atoms with Gasteiger partial charge in [0.25, 0.3) is 5.56 Å². The van der Waals surface area contributed by atoms with E-state index in [-0.39, 0.29) is 17.2 Å². The van der Waals surface area contributed by atoms with Crippen LogP contribution in [0.4, 0.5) is 0 Å². The van der Waals surface area contributed by atoms with E-state index in [1.54, 1.807) is 15.4 Å². The highest BCUT2D eigenvalue weighted by molar-refractivity contribution is 5.82. The molecule has 1 N–H and O–H groups in total. The Morgan fingerprint density at radius 3 is 2.52 bits per heavy atom. The van der Waals surface area contributed by atoms with Crippen molar-refractivity contribution in [2.75, 3.05) is 0 Å². The van der Waals surface area contributed by atoms with Crippen LogP contribution in [0.1, 0.15) is 19.4 Å². The van der Waals surface area contributed by atoms with E-state index in [0.717, 1.165) is 16.8 Å². The van der Waals surface area contributed by atoms with E-state index >= 15 is 0 Å². The van der Waals surface area contributed by atoms with Gasteiger partial charge in [0.2, 0.25) is 0 Å². The predicted octanol–water partition coefficient (Wildman–Crippen LogP) is 2.79. The first-order valence-corrected chi connectivity index (χ1v) is 9.83. The van der Waals surface area contributed by atoms with Crippen LogP contribution in [0, 0.1) is 5.92 Å². The van der Waals surface area contributed by atoms with Gasteiger partial charge >= 0.3 is 5.69 Å². The highest BCUT2D eigenvalue weighted by Gasteiger charge is 2.17. The summed E-state index contributed by atoms with van der Waals surface area (Å²) in [5, 5.41) is 4.20. The summed E-state index contributed by atoms with van der Waals surface area (Å²) in [6.07, 6.45) is 4.24. The van der Waals surface area contributed by atoms with Crippen LogP contribution in [0.2, 0.25) is 0 Å². The monoisotopic (exact) mass is 391 g/mol. The fourth-order valence-electron chi connectivity index (χ4n) is 3.63. The molecule has 0 saturated heterocycles. The second-order valence-electron chi connectivity index (χ2n) is 7.83. The molecule has 4 aromatic rings. The van der Waals surface area contributed by atoms with E-state index in [9.17, 15) is 9.59 Å². The van der Waals surface area contributed by atoms with Gasteiger partial charge in [0.1, 0.15) is 5.52 Å². The van der Waals surface area contributed by atoms with Gasteiger partial charge in [-0.2, -0.15) is 5.10 Å². The fourth-order valence-corrected chi connectivity index (χ4v) is 3.63. The number of fused-ring (bicyclic) bond motifs is 1. The molecule has 0 fully saturated rings. The predicted molar refractivity (Wildman–Crippen MR) is 114 cm³/mol. The molecular weight excluding hydrogens is 366 g/mol. The van der Waals surface area contributed by atoms with Crippen LogP contribution in [0.3, 0.4) is 0 Å². The van der Waals surface area contributed by atoms with Crippen molar-refractivity contribution in [1.82, 2.24) is 23.9 Å². The van der Waals surface area contributed by atoms with Crippen LogP contribution >= 0.6 is 0 Å². The number of aryl methyl sites for hydroxylation is 2. The van der Waals surface area contributed by atoms with E-state index in [0.29, 0.717) is 30.5 Å². The van der Waals surface area contributed by atoms with Crippen LogP contribution in [0.25, 0.3) is 22.3 Å². The summed E-state index contributed by atoms with van der Waals surface area (Å²) in [6, 6.07) is 11.8. The topological polar surface area (TPSA) is 77.6 Å². The van der Waals surface area contributed by atoms with Crippen LogP contribution < -0.4 is 11.2 Å². The number of hydrogen-bond donors (Lipinski definition) is 1. The molecule has 0 saturated carbocycles. The molecule has 0 spiro atoms. The number of H-pyrrole nitrogens is 1. The standard InChI is InChI=1S/C22H25N5O2/c1-15(2)13-27-19-11-18(17-12-23-25(3)14-17)24-20(19)21(28)26(22(27)29)10-9-16-7-5-4-6-8-16/h4-8,11-12,14-15,24H,9-10,13H2,1-3H3. The molecule has 7 nitrogen and oxygen atoms in total. The maximum absolute atomic E-state index is 13.2. The third-order valence-electron chi connectivity index (χ3n) is 5.04. The Labute approximate surface area is 168 Å². The summed E-state index contributed by atoms with van der Waals surface area (Å²) >= 11 is 0. The average molecular weight is 391 g/mol. The second kappa shape index (κ2) is 7.58. The van der Waals surface area contributed by atoms with Crippen molar-refractivity contribution in [3.05, 3.63) is 75.2 Å². The minimum Gasteiger partial charge on any atom is -0.349 e. The molecule has 1 aromatic carbocycles. The van der Waals surface area contributed by atoms with E-state index < -0.39 is 0 Å². The van der Waals surface area contributed by atoms with Crippen molar-refractivity contribution in [2.24, 2.45) is 13.0 Å². The van der Waals surface area contributed by atoms with Gasteiger partial charge in [-0.15, -0.1) is 0 Å². The number of nitrogens with one attached hydrogen (secondary N) is 1. The Morgan fingerprint density at radius 2 is 1.86 bits per heavy atom. The van der Waals surface area contributed by atoms with Crippen LogP contribution in [0.5, 0.6) is 0 Å². The molecule has 0 atom stereocenters. The Kier molecular flexibility index (Phi) is 4.96. The summed E-state index contributed by atoms with van der Waals surface area (Å²) in [6.45, 7) is 5.01. The van der Waals surface area contributed by atoms with Crippen molar-refractivity contribution >= 4 is 11.0 Å². The van der Waals surface area contributed by atoms with Gasteiger partial charge in [-0.25, -0.2) is 4.79 Å². The summed E-state index contributed by atoms with van der Waals surface area (Å²) in [7, 11) is 1.84. The lowest BCUT2D eigenvalue weighted by Gasteiger charge is -2.13. The second-order valence-corrected chi connectivity index (χ2v) is 7.83. The molecule has 0 amide bonds. The molecule has 29 heavy (non-hydrogen) atoms. The summed E-state index contributed by atoms with van der Waals surface area (Å²) in [4.78, 5) is 29.6. The molecule has 0 radical (unpaired) electrons. The third kappa shape index (κ3) is 3.68. The first kappa shape index (κ1) is 19.0. The zero-order valence-electron chi connectivity index (χ0n) is 16.9. The van der Waals surface area contributed by atoms with Gasteiger partial charge in [0.15, 0.2) is 0 Å². The van der Waals surface area contributed by atoms with Crippen LogP contribution in [-0.2, 0) is 26.6 Å². The van der Waals surface area contributed by atoms with Crippen molar-refractivity contribution in [3.63, 3.8) is 0 Å². The molecule has 0 unspecified atom stereocenters. The third-order valence-corrected chi connectivity index (χ3v) is 5.04. The lowest BCUT2D eigenvalue weighted by atomic mass is 10.1. The lowest BCUT2D eigenvalue weighted by molar-refractivity contribution is 0.489. The van der Waals surface area contributed by atoms with E-state index in [2.05, 4.69) is 23.9 Å². The highest BCUT2D eigenvalue weighted by atomic mass is 16.2. The van der Waals surface area contributed by atoms with Crippen molar-refractivity contribution in [2.45, 2.75) is 33.4 Å². The van der Waals surface area contributed by atoms with E-state index in [4.69, 9.17) is 0 Å². The number of aromatic amines is 1. The summed E-state index contributed by atoms with van der Waals surface area (Å²) in [5.74, 6) is 0.271. The molecular formula is C22H25N5O2. The van der Waals surface area contributed by atoms with Gasteiger partial charge in [-0.05, 0) is 24.0 Å². The van der Waals surface area contributed by atoms with Gasteiger partial charge in [0.05, 0.1) is 17.4 Å². The van der Waals surface area contributed by atoms with Gasteiger partial charge in [-0.1, -0.05) is 44.2 Å². The Hall–Kier alpha value is -3.35. The van der Waals surface area contributed by atoms with Crippen molar-refractivity contribution < 1.29 is 0 Å². The molecule has 0 aliphatic rings. The Balaban J connectivity index is 1.85. The molecule has 0 bridgehead atoms. The molecule has 3 aromatic heterocycles. The summed E-state index contributed by atoms with van der Waals surface area (Å²) in [5.41, 5.74) is 3.31. The minimum atomic E-state index is -0.281. The number of rotatable bonds is 6. The average Bonchev–Trinajstić information content (AvgIpc) is 3.32. The van der Waals surface area contributed by atoms with E-state index in [1.807, 2.05) is 49.6 Å². The zero-order chi connectivity index (χ0) is 20.5. The Morgan fingerprint density at radius 1 is 1.10 bits per heavy atom. The quantitative estimate of drug-likeness (QED) is 0.549. The van der Waals surface area contributed by atoms with E-state index in [1.165, 1.54) is 4.57 Å². The molecule has 0 aliphatic heterocycles. The van der Waals surface area contributed by atoms with Crippen LogP contribution in [0.15, 0.2) is 58.4 Å². The largest absolute Gasteiger partial charge is 0.349 e. The fraction of sp³-hybridized carbons (Fsp3) is 0.318. The number of hydrogen-bond acceptors (Lipinski definition) is 3. The van der Waals surface area contributed by atoms with Crippen LogP contribution in [-0.4, -0.2) is 23.9 Å². The molecule has 7 heteroatoms. The van der Waals surface area contributed by atoms with Gasteiger partial charge in [-0.3, -0.25) is 18.6 Å². The minimum absolute atomic E-state index is 0.260. The maximum Gasteiger partial charge on any atom is 0.331 e. The zero-order valence-corrected chi connectivity index (χ0v) is 16.9. The number of benzene rings is 1. The lowest BCUT2D eigenvalue weighted by Crippen LogP contribution is -2.41. The molecule has 3 heterocycles. The Bertz CT molecular complexity index is 1260. The maximum atomic E-state index is 13.2. The summed E-state index contributed by atoms with van der Waals surface area (Å²) < 4.78 is 4.77. The van der Waals surface area contributed by atoms with Crippen molar-refractivity contribution in [1.29, 1.82) is 0 Å². The smallest absolute Gasteiger partial charge is 0.331 e. The first-order chi connectivity index (χ1) is 13.9. The SMILES string of the molecule is CC(C)Cn1c(=O)n(CCc2ccccc2)c(=O)c2[nH]c(-c3cnn(C)c3)cc21. The molecule has 0 aliphatic carbocycles. The van der Waals surface area contributed by atoms with Gasteiger partial charge in [0, 0.05) is 31.9 Å². The first-order valence-electron chi connectivity index (χ1n) is 9.83. The highest BCUT2D eigenvalue weighted by Crippen LogP contribution is 2.21. The number of nitrogens with zero attached hydrogens (tertiary/aromatic N) is 4.